The third-order valence-electron chi connectivity index (χ3n) is 4.68. The van der Waals surface area contributed by atoms with Crippen LogP contribution in [0.25, 0.3) is 5.65 Å². The number of hydrogen-bond acceptors (Lipinski definition) is 6. The molecule has 0 spiro atoms. The van der Waals surface area contributed by atoms with Crippen LogP contribution >= 0.6 is 0 Å². The molecule has 1 amide bonds. The quantitative estimate of drug-likeness (QED) is 0.616. The number of ether oxygens (including phenoxy) is 3. The fourth-order valence-electron chi connectivity index (χ4n) is 3.11. The second-order valence-electron chi connectivity index (χ2n) is 6.83. The molecule has 29 heavy (non-hydrogen) atoms. The topological polar surface area (TPSA) is 82.4 Å². The van der Waals surface area contributed by atoms with E-state index in [-0.39, 0.29) is 18.2 Å². The second-order valence-corrected chi connectivity index (χ2v) is 6.83. The van der Waals surface area contributed by atoms with Gasteiger partial charge in [-0.1, -0.05) is 12.1 Å². The van der Waals surface area contributed by atoms with E-state index in [1.807, 2.05) is 37.3 Å². The van der Waals surface area contributed by atoms with Crippen molar-refractivity contribution < 1.29 is 23.8 Å². The van der Waals surface area contributed by atoms with Crippen LogP contribution in [0.15, 0.2) is 42.6 Å². The zero-order valence-corrected chi connectivity index (χ0v) is 16.3. The van der Waals surface area contributed by atoms with Crippen LogP contribution < -0.4 is 9.47 Å². The number of aromatic nitrogens is 2. The lowest BCUT2D eigenvalue weighted by Gasteiger charge is -2.21. The summed E-state index contributed by atoms with van der Waals surface area (Å²) < 4.78 is 18.0. The predicted molar refractivity (Wildman–Crippen MR) is 104 cm³/mol. The number of hydrogen-bond donors (Lipinski definition) is 0. The second kappa shape index (κ2) is 7.83. The molecule has 0 radical (unpaired) electrons. The summed E-state index contributed by atoms with van der Waals surface area (Å²) in [7, 11) is 1.65. The Hall–Kier alpha value is -3.55. The van der Waals surface area contributed by atoms with Crippen LogP contribution in [0.1, 0.15) is 21.7 Å². The first kappa shape index (κ1) is 18.8. The van der Waals surface area contributed by atoms with Crippen LogP contribution in [0.5, 0.6) is 11.5 Å². The van der Waals surface area contributed by atoms with Gasteiger partial charge in [0.15, 0.2) is 23.8 Å². The molecule has 2 aromatic heterocycles. The summed E-state index contributed by atoms with van der Waals surface area (Å²) in [4.78, 5) is 30.4. The number of benzene rings is 1. The van der Waals surface area contributed by atoms with Gasteiger partial charge in [-0.05, 0) is 36.8 Å². The highest BCUT2D eigenvalue weighted by Crippen LogP contribution is 2.31. The van der Waals surface area contributed by atoms with Crippen molar-refractivity contribution in [2.45, 2.75) is 13.5 Å². The van der Waals surface area contributed by atoms with Gasteiger partial charge in [0.2, 0.25) is 0 Å². The van der Waals surface area contributed by atoms with Gasteiger partial charge in [-0.25, -0.2) is 9.78 Å². The van der Waals surface area contributed by atoms with E-state index in [9.17, 15) is 9.59 Å². The molecular formula is C21H21N3O5. The smallest absolute Gasteiger partial charge is 0.359 e. The van der Waals surface area contributed by atoms with Gasteiger partial charge in [0.25, 0.3) is 5.91 Å². The maximum atomic E-state index is 12.4. The molecule has 1 aliphatic rings. The molecule has 3 heterocycles. The third kappa shape index (κ3) is 4.01. The molecule has 3 aromatic rings. The number of carbonyl (C=O) groups excluding carboxylic acids is 2. The van der Waals surface area contributed by atoms with Gasteiger partial charge in [0.1, 0.15) is 18.9 Å². The van der Waals surface area contributed by atoms with E-state index in [0.717, 1.165) is 11.3 Å². The molecule has 150 valence electrons. The van der Waals surface area contributed by atoms with Crippen molar-refractivity contribution in [3.63, 3.8) is 0 Å². The number of esters is 1. The molecule has 0 saturated heterocycles. The molecule has 4 rings (SSSR count). The minimum atomic E-state index is -0.630. The average molecular weight is 395 g/mol. The Bertz CT molecular complexity index is 1080. The van der Waals surface area contributed by atoms with Crippen molar-refractivity contribution >= 4 is 17.5 Å². The minimum absolute atomic E-state index is 0.168. The van der Waals surface area contributed by atoms with Crippen LogP contribution in [0.4, 0.5) is 0 Å². The molecule has 0 bridgehead atoms. The summed E-state index contributed by atoms with van der Waals surface area (Å²) in [5.41, 5.74) is 2.66. The summed E-state index contributed by atoms with van der Waals surface area (Å²) in [6.07, 6.45) is 1.61. The highest BCUT2D eigenvalue weighted by molar-refractivity contribution is 5.90. The number of carbonyl (C=O) groups is 2. The van der Waals surface area contributed by atoms with E-state index in [1.54, 1.807) is 23.7 Å². The number of rotatable bonds is 5. The Kier molecular flexibility index (Phi) is 5.07. The minimum Gasteiger partial charge on any atom is -0.486 e. The maximum absolute atomic E-state index is 12.4. The van der Waals surface area contributed by atoms with E-state index < -0.39 is 5.97 Å². The Morgan fingerprint density at radius 1 is 1.17 bits per heavy atom. The van der Waals surface area contributed by atoms with Gasteiger partial charge in [0.05, 0.1) is 0 Å². The lowest BCUT2D eigenvalue weighted by molar-refractivity contribution is -0.133. The van der Waals surface area contributed by atoms with Crippen LogP contribution in [0.3, 0.4) is 0 Å². The van der Waals surface area contributed by atoms with Gasteiger partial charge in [0, 0.05) is 25.5 Å². The van der Waals surface area contributed by atoms with Crippen molar-refractivity contribution in [3.8, 4) is 11.5 Å². The molecule has 0 unspecified atom stereocenters. The molecule has 0 saturated carbocycles. The van der Waals surface area contributed by atoms with E-state index in [4.69, 9.17) is 14.2 Å². The van der Waals surface area contributed by atoms with Crippen LogP contribution in [0.2, 0.25) is 0 Å². The lowest BCUT2D eigenvalue weighted by atomic mass is 10.2. The Morgan fingerprint density at radius 3 is 2.76 bits per heavy atom. The van der Waals surface area contributed by atoms with Crippen LogP contribution in [0, 0.1) is 6.92 Å². The third-order valence-corrected chi connectivity index (χ3v) is 4.68. The molecule has 0 fully saturated rings. The molecule has 1 aromatic carbocycles. The van der Waals surface area contributed by atoms with Crippen molar-refractivity contribution in [2.24, 2.45) is 0 Å². The maximum Gasteiger partial charge on any atom is 0.359 e. The monoisotopic (exact) mass is 395 g/mol. The molecule has 0 atom stereocenters. The molecule has 8 nitrogen and oxygen atoms in total. The van der Waals surface area contributed by atoms with Crippen molar-refractivity contribution in [2.75, 3.05) is 26.9 Å². The molecule has 0 aliphatic carbocycles. The number of pyridine rings is 1. The summed E-state index contributed by atoms with van der Waals surface area (Å²) in [6, 6.07) is 11.1. The summed E-state index contributed by atoms with van der Waals surface area (Å²) >= 11 is 0. The SMILES string of the molecule is Cc1cccc2nc(C(=O)OCC(=O)N(C)Cc3ccc4c(c3)OCCO4)cn12. The highest BCUT2D eigenvalue weighted by atomic mass is 16.6. The van der Waals surface area contributed by atoms with Gasteiger partial charge < -0.3 is 23.5 Å². The first-order valence-corrected chi connectivity index (χ1v) is 9.25. The lowest BCUT2D eigenvalue weighted by Crippen LogP contribution is -2.31. The van der Waals surface area contributed by atoms with Crippen molar-refractivity contribution in [1.29, 1.82) is 0 Å². The van der Waals surface area contributed by atoms with Crippen molar-refractivity contribution in [3.05, 3.63) is 59.5 Å². The fourth-order valence-corrected chi connectivity index (χ4v) is 3.11. The van der Waals surface area contributed by atoms with Crippen LogP contribution in [-0.2, 0) is 16.1 Å². The number of nitrogens with zero attached hydrogens (tertiary/aromatic N) is 3. The number of likely N-dealkylation sites (N-methyl/N-ethyl adjacent to an activating group) is 1. The highest BCUT2D eigenvalue weighted by Gasteiger charge is 2.18. The predicted octanol–water partition coefficient (Wildman–Crippen LogP) is 2.23. The van der Waals surface area contributed by atoms with Gasteiger partial charge >= 0.3 is 5.97 Å². The summed E-state index contributed by atoms with van der Waals surface area (Å²) in [5.74, 6) is 0.427. The van der Waals surface area contributed by atoms with E-state index in [0.29, 0.717) is 36.9 Å². The first-order valence-electron chi connectivity index (χ1n) is 9.25. The molecule has 0 N–H and O–H groups in total. The molecule has 8 heteroatoms. The Morgan fingerprint density at radius 2 is 1.97 bits per heavy atom. The summed E-state index contributed by atoms with van der Waals surface area (Å²) in [5, 5.41) is 0. The Balaban J connectivity index is 1.34. The van der Waals surface area contributed by atoms with E-state index in [1.165, 1.54) is 4.90 Å². The van der Waals surface area contributed by atoms with E-state index >= 15 is 0 Å². The normalized spacial score (nSPS) is 12.6. The van der Waals surface area contributed by atoms with Gasteiger partial charge in [-0.3, -0.25) is 4.79 Å². The number of imidazole rings is 1. The fraction of sp³-hybridized carbons (Fsp3) is 0.286. The zero-order chi connectivity index (χ0) is 20.4. The largest absolute Gasteiger partial charge is 0.486 e. The Labute approximate surface area is 167 Å². The van der Waals surface area contributed by atoms with Crippen LogP contribution in [-0.4, -0.2) is 53.0 Å². The van der Waals surface area contributed by atoms with Gasteiger partial charge in [-0.2, -0.15) is 0 Å². The van der Waals surface area contributed by atoms with E-state index in [2.05, 4.69) is 4.98 Å². The zero-order valence-electron chi connectivity index (χ0n) is 16.3. The van der Waals surface area contributed by atoms with Gasteiger partial charge in [-0.15, -0.1) is 0 Å². The molecular weight excluding hydrogens is 374 g/mol. The molecule has 1 aliphatic heterocycles. The number of fused-ring (bicyclic) bond motifs is 2. The summed E-state index contributed by atoms with van der Waals surface area (Å²) in [6.45, 7) is 2.96. The van der Waals surface area contributed by atoms with Crippen molar-refractivity contribution in [1.82, 2.24) is 14.3 Å². The first-order chi connectivity index (χ1) is 14.0. The average Bonchev–Trinajstić information content (AvgIpc) is 3.17. The standard InChI is InChI=1S/C21H21N3O5/c1-14-4-3-5-19-22-16(12-24(14)19)21(26)29-13-20(25)23(2)11-15-6-7-17-18(10-15)28-9-8-27-17/h3-7,10,12H,8-9,11,13H2,1-2H3. The number of amides is 1. The number of aryl methyl sites for hydroxylation is 1.